The number of rotatable bonds is 10. The smallest absolute Gasteiger partial charge is 0.0492 e. The monoisotopic (exact) mass is 1070 g/mol. The van der Waals surface area contributed by atoms with Gasteiger partial charge in [-0.15, -0.1) is 0 Å². The van der Waals surface area contributed by atoms with Gasteiger partial charge in [0.15, 0.2) is 0 Å². The van der Waals surface area contributed by atoms with Gasteiger partial charge in [-0.25, -0.2) is 0 Å². The number of fused-ring (bicyclic) bond motifs is 11. The summed E-state index contributed by atoms with van der Waals surface area (Å²) in [6, 6.07) is 81.0. The van der Waals surface area contributed by atoms with Crippen LogP contribution in [0.25, 0.3) is 79.2 Å². The first-order chi connectivity index (χ1) is 40.4. The van der Waals surface area contributed by atoms with Crippen molar-refractivity contribution in [3.05, 3.63) is 299 Å². The Morgan fingerprint density at radius 3 is 0.843 bits per heavy atom. The van der Waals surface area contributed by atoms with E-state index in [0.29, 0.717) is 0 Å². The topological polar surface area (TPSA) is 32.3 Å². The molecule has 0 spiro atoms. The zero-order chi connectivity index (χ0) is 56.2. The van der Waals surface area contributed by atoms with Gasteiger partial charge in [-0.2, -0.15) is 0 Å². The summed E-state index contributed by atoms with van der Waals surface area (Å²) < 4.78 is 0. The summed E-state index contributed by atoms with van der Waals surface area (Å²) in [6.45, 7) is 14.3. The Bertz CT molecular complexity index is 4360. The molecule has 4 nitrogen and oxygen atoms in total. The Balaban J connectivity index is 0.665. The van der Waals surface area contributed by atoms with Gasteiger partial charge in [-0.1, -0.05) is 211 Å². The molecule has 3 aliphatic rings. The molecule has 10 aromatic carbocycles. The first kappa shape index (κ1) is 50.1. The van der Waals surface area contributed by atoms with Gasteiger partial charge in [0.2, 0.25) is 0 Å². The quantitative estimate of drug-likeness (QED) is 0.128. The lowest BCUT2D eigenvalue weighted by atomic mass is 9.81. The predicted molar refractivity (Wildman–Crippen MR) is 350 cm³/mol. The van der Waals surface area contributed by atoms with Crippen molar-refractivity contribution in [1.82, 2.24) is 9.97 Å². The van der Waals surface area contributed by atoms with Crippen molar-refractivity contribution in [2.75, 3.05) is 9.80 Å². The molecule has 83 heavy (non-hydrogen) atoms. The van der Waals surface area contributed by atoms with Crippen LogP contribution in [0.2, 0.25) is 0 Å². The molecule has 0 unspecified atom stereocenters. The summed E-state index contributed by atoms with van der Waals surface area (Å²) in [7, 11) is 0. The third-order valence-electron chi connectivity index (χ3n) is 18.4. The summed E-state index contributed by atoms with van der Waals surface area (Å²) in [5.74, 6) is 0. The molecule has 0 aliphatic heterocycles. The van der Waals surface area contributed by atoms with Crippen LogP contribution in [0.5, 0.6) is 0 Å². The molecule has 0 saturated carbocycles. The first-order valence-electron chi connectivity index (χ1n) is 29.0. The van der Waals surface area contributed by atoms with Crippen LogP contribution in [0.3, 0.4) is 0 Å². The number of pyridine rings is 2. The second kappa shape index (κ2) is 19.1. The second-order valence-electron chi connectivity index (χ2n) is 24.4. The van der Waals surface area contributed by atoms with E-state index in [1.54, 1.807) is 0 Å². The maximum Gasteiger partial charge on any atom is 0.0492 e. The summed E-state index contributed by atoms with van der Waals surface area (Å²) in [5, 5.41) is 4.89. The van der Waals surface area contributed by atoms with E-state index >= 15 is 0 Å². The minimum absolute atomic E-state index is 0.161. The fraction of sp³-hybridized carbons (Fsp3) is 0.114. The fourth-order valence-corrected chi connectivity index (χ4v) is 13.8. The maximum absolute atomic E-state index is 4.36. The summed E-state index contributed by atoms with van der Waals surface area (Å²) in [6.07, 6.45) is 16.7. The number of aromatic nitrogens is 2. The zero-order valence-corrected chi connectivity index (χ0v) is 47.7. The summed E-state index contributed by atoms with van der Waals surface area (Å²) in [5.41, 5.74) is 26.9. The Hall–Kier alpha value is -9.90. The normalized spacial score (nSPS) is 14.6. The Kier molecular flexibility index (Phi) is 11.5. The van der Waals surface area contributed by atoms with Crippen LogP contribution in [0.1, 0.15) is 97.2 Å². The SMILES string of the molecule is CC1(C)c2cc(C=Cc3ccc4c(c3)C(C)(C)c3cc(N(c5ccncc5)c5ccc6ccccc6c5)ccc3-4)ccc2-c2ccc(C=Cc3ccc4c(c3)C(C)(C)c3cc(N(c5ccncc5)c5ccc6ccccc6c5)ccc3-4)cc21. The molecule has 0 radical (unpaired) electrons. The maximum atomic E-state index is 4.36. The molecule has 12 aromatic rings. The summed E-state index contributed by atoms with van der Waals surface area (Å²) >= 11 is 0. The van der Waals surface area contributed by atoms with Crippen molar-refractivity contribution in [3.63, 3.8) is 0 Å². The molecule has 0 fully saturated rings. The third kappa shape index (κ3) is 8.34. The van der Waals surface area contributed by atoms with Gasteiger partial charge in [-0.3, -0.25) is 9.97 Å². The number of anilines is 6. The summed E-state index contributed by atoms with van der Waals surface area (Å²) in [4.78, 5) is 13.4. The van der Waals surface area contributed by atoms with Crippen molar-refractivity contribution in [2.45, 2.75) is 57.8 Å². The molecule has 2 heterocycles. The van der Waals surface area contributed by atoms with E-state index in [4.69, 9.17) is 0 Å². The van der Waals surface area contributed by atoms with Gasteiger partial charge < -0.3 is 9.80 Å². The standard InChI is InChI=1S/C79H62N4/c1-77(2)71-43-51(15-17-53-21-31-67-69-33-27-63(49-75(69)78(3,4)73(67)45-53)82(59-35-39-80-40-36-59)61-25-23-55-11-7-9-13-57(55)47-61)19-29-65(71)66-30-20-52(44-72(66)77)16-18-54-22-32-68-70-34-28-64(50-76(70)79(5,6)74(68)46-54)83(60-37-41-81-42-38-60)62-26-24-56-12-8-10-14-58(56)48-62/h7-50H,1-6H3. The molecule has 0 amide bonds. The second-order valence-corrected chi connectivity index (χ2v) is 24.4. The van der Waals surface area contributed by atoms with E-state index in [-0.39, 0.29) is 16.2 Å². The van der Waals surface area contributed by atoms with Gasteiger partial charge in [0.05, 0.1) is 0 Å². The van der Waals surface area contributed by atoms with Gasteiger partial charge in [-0.05, 0) is 183 Å². The van der Waals surface area contributed by atoms with E-state index in [9.17, 15) is 0 Å². The van der Waals surface area contributed by atoms with E-state index in [1.165, 1.54) is 111 Å². The van der Waals surface area contributed by atoms with E-state index in [1.807, 2.05) is 24.8 Å². The average Bonchev–Trinajstić information content (AvgIpc) is 4.02. The van der Waals surface area contributed by atoms with Crippen molar-refractivity contribution >= 4 is 80.0 Å². The highest BCUT2D eigenvalue weighted by Gasteiger charge is 2.39. The molecule has 398 valence electrons. The molecule has 3 aliphatic carbocycles. The lowest BCUT2D eigenvalue weighted by Gasteiger charge is -2.28. The van der Waals surface area contributed by atoms with Crippen LogP contribution >= 0.6 is 0 Å². The van der Waals surface area contributed by atoms with Crippen LogP contribution in [0.4, 0.5) is 34.1 Å². The predicted octanol–water partition coefficient (Wildman–Crippen LogP) is 21.0. The molecule has 0 bridgehead atoms. The van der Waals surface area contributed by atoms with Crippen LogP contribution in [0, 0.1) is 0 Å². The average molecular weight is 1070 g/mol. The number of hydrogen-bond acceptors (Lipinski definition) is 4. The first-order valence-corrected chi connectivity index (χ1v) is 29.0. The molecular formula is C79H62N4. The number of benzene rings is 10. The van der Waals surface area contributed by atoms with Crippen LogP contribution in [-0.4, -0.2) is 9.97 Å². The highest BCUT2D eigenvalue weighted by Crippen LogP contribution is 2.54. The fourth-order valence-electron chi connectivity index (χ4n) is 13.8. The van der Waals surface area contributed by atoms with Crippen molar-refractivity contribution < 1.29 is 0 Å². The molecule has 0 N–H and O–H groups in total. The van der Waals surface area contributed by atoms with Gasteiger partial charge >= 0.3 is 0 Å². The lowest BCUT2D eigenvalue weighted by Crippen LogP contribution is -2.16. The van der Waals surface area contributed by atoms with E-state index in [2.05, 4.69) is 304 Å². The van der Waals surface area contributed by atoms with Gasteiger partial charge in [0.1, 0.15) is 0 Å². The highest BCUT2D eigenvalue weighted by molar-refractivity contribution is 5.94. The molecule has 0 atom stereocenters. The van der Waals surface area contributed by atoms with E-state index < -0.39 is 0 Å². The molecule has 4 heteroatoms. The van der Waals surface area contributed by atoms with Crippen molar-refractivity contribution in [3.8, 4) is 33.4 Å². The van der Waals surface area contributed by atoms with Crippen molar-refractivity contribution in [2.24, 2.45) is 0 Å². The third-order valence-corrected chi connectivity index (χ3v) is 18.4. The van der Waals surface area contributed by atoms with Crippen LogP contribution < -0.4 is 9.80 Å². The van der Waals surface area contributed by atoms with Crippen LogP contribution in [0.15, 0.2) is 243 Å². The minimum Gasteiger partial charge on any atom is -0.310 e. The highest BCUT2D eigenvalue weighted by atomic mass is 15.1. The number of hydrogen-bond donors (Lipinski definition) is 0. The van der Waals surface area contributed by atoms with Crippen molar-refractivity contribution in [1.29, 1.82) is 0 Å². The Labute approximate surface area is 487 Å². The minimum atomic E-state index is -0.198. The zero-order valence-electron chi connectivity index (χ0n) is 47.7. The lowest BCUT2D eigenvalue weighted by molar-refractivity contribution is 0.660. The Morgan fingerprint density at radius 1 is 0.253 bits per heavy atom. The van der Waals surface area contributed by atoms with Gasteiger partial charge in [0.25, 0.3) is 0 Å². The van der Waals surface area contributed by atoms with Crippen LogP contribution in [-0.2, 0) is 16.2 Å². The molecule has 2 aromatic heterocycles. The largest absolute Gasteiger partial charge is 0.310 e. The molecule has 15 rings (SSSR count). The van der Waals surface area contributed by atoms with E-state index in [0.717, 1.165) is 34.1 Å². The Morgan fingerprint density at radius 2 is 0.518 bits per heavy atom. The molecular weight excluding hydrogens is 1000 g/mol. The molecule has 0 saturated heterocycles. The number of nitrogens with zero attached hydrogens (tertiary/aromatic N) is 4. The van der Waals surface area contributed by atoms with Gasteiger partial charge in [0, 0.05) is 75.2 Å².